The topological polar surface area (TPSA) is 66.5 Å². The van der Waals surface area contributed by atoms with Crippen LogP contribution in [-0.2, 0) is 4.79 Å². The van der Waals surface area contributed by atoms with Gasteiger partial charge in [-0.25, -0.2) is 0 Å². The van der Waals surface area contributed by atoms with Crippen molar-refractivity contribution in [2.24, 2.45) is 5.92 Å². The van der Waals surface area contributed by atoms with Gasteiger partial charge in [0.1, 0.15) is 0 Å². The summed E-state index contributed by atoms with van der Waals surface area (Å²) in [7, 11) is 0. The minimum atomic E-state index is -0.310. The van der Waals surface area contributed by atoms with Crippen LogP contribution in [-0.4, -0.2) is 35.2 Å². The van der Waals surface area contributed by atoms with Crippen molar-refractivity contribution in [2.45, 2.75) is 53.0 Å². The zero-order valence-electron chi connectivity index (χ0n) is 14.9. The molecule has 24 heavy (non-hydrogen) atoms. The molecular weight excluding hydrogens is 304 g/mol. The van der Waals surface area contributed by atoms with Gasteiger partial charge in [-0.3, -0.25) is 19.3 Å². The summed E-state index contributed by atoms with van der Waals surface area (Å²) in [5, 5.41) is 2.93. The Kier molecular flexibility index (Phi) is 5.75. The average Bonchev–Trinajstić information content (AvgIpc) is 2.74. The maximum Gasteiger partial charge on any atom is 0.261 e. The highest BCUT2D eigenvalue weighted by Gasteiger charge is 2.35. The SMILES string of the molecule is Cc1ccc2c(c1)C(=O)N(CCC(=O)NC(C)CCC(C)C)C2=O. The van der Waals surface area contributed by atoms with Gasteiger partial charge in [0, 0.05) is 19.0 Å². The number of benzene rings is 1. The normalized spacial score (nSPS) is 15.0. The Bertz CT molecular complexity index is 652. The van der Waals surface area contributed by atoms with E-state index in [1.54, 1.807) is 12.1 Å². The van der Waals surface area contributed by atoms with E-state index in [0.29, 0.717) is 17.0 Å². The molecule has 1 heterocycles. The van der Waals surface area contributed by atoms with E-state index in [4.69, 9.17) is 0 Å². The molecule has 1 aliphatic heterocycles. The smallest absolute Gasteiger partial charge is 0.261 e. The van der Waals surface area contributed by atoms with Crippen LogP contribution in [0.4, 0.5) is 0 Å². The maximum atomic E-state index is 12.3. The van der Waals surface area contributed by atoms with E-state index in [9.17, 15) is 14.4 Å². The summed E-state index contributed by atoms with van der Waals surface area (Å²) in [4.78, 5) is 37.9. The predicted octanol–water partition coefficient (Wildman–Crippen LogP) is 2.92. The molecule has 0 bridgehead atoms. The van der Waals surface area contributed by atoms with Gasteiger partial charge < -0.3 is 5.32 Å². The fraction of sp³-hybridized carbons (Fsp3) is 0.526. The summed E-state index contributed by atoms with van der Waals surface area (Å²) in [6.07, 6.45) is 2.12. The first-order valence-electron chi connectivity index (χ1n) is 8.55. The number of carbonyl (C=O) groups excluding carboxylic acids is 3. The number of rotatable bonds is 7. The van der Waals surface area contributed by atoms with Gasteiger partial charge in [0.15, 0.2) is 0 Å². The van der Waals surface area contributed by atoms with Crippen LogP contribution in [0.3, 0.4) is 0 Å². The van der Waals surface area contributed by atoms with Crippen molar-refractivity contribution in [3.8, 4) is 0 Å². The molecule has 1 N–H and O–H groups in total. The Labute approximate surface area is 143 Å². The summed E-state index contributed by atoms with van der Waals surface area (Å²) < 4.78 is 0. The number of nitrogens with zero attached hydrogens (tertiary/aromatic N) is 1. The average molecular weight is 330 g/mol. The summed E-state index contributed by atoms with van der Waals surface area (Å²) >= 11 is 0. The van der Waals surface area contributed by atoms with Crippen LogP contribution in [0.25, 0.3) is 0 Å². The molecule has 5 nitrogen and oxygen atoms in total. The quantitative estimate of drug-likeness (QED) is 0.782. The zero-order valence-corrected chi connectivity index (χ0v) is 14.9. The highest BCUT2D eigenvalue weighted by molar-refractivity contribution is 6.21. The van der Waals surface area contributed by atoms with Gasteiger partial charge in [0.05, 0.1) is 11.1 Å². The molecule has 0 saturated carbocycles. The zero-order chi connectivity index (χ0) is 17.9. The number of imide groups is 1. The lowest BCUT2D eigenvalue weighted by atomic mass is 10.0. The van der Waals surface area contributed by atoms with Crippen LogP contribution in [0, 0.1) is 12.8 Å². The van der Waals surface area contributed by atoms with E-state index in [0.717, 1.165) is 18.4 Å². The third kappa shape index (κ3) is 4.22. The van der Waals surface area contributed by atoms with Crippen molar-refractivity contribution in [1.29, 1.82) is 0 Å². The number of nitrogens with one attached hydrogen (secondary N) is 1. The Balaban J connectivity index is 1.88. The van der Waals surface area contributed by atoms with Crippen molar-refractivity contribution in [2.75, 3.05) is 6.54 Å². The Morgan fingerprint density at radius 2 is 1.75 bits per heavy atom. The Hall–Kier alpha value is -2.17. The first-order valence-corrected chi connectivity index (χ1v) is 8.55. The lowest BCUT2D eigenvalue weighted by Gasteiger charge is -2.17. The minimum Gasteiger partial charge on any atom is -0.354 e. The minimum absolute atomic E-state index is 0.102. The standard InChI is InChI=1S/C19H26N2O3/c1-12(2)5-7-14(4)20-17(22)9-10-21-18(23)15-8-6-13(3)11-16(15)19(21)24/h6,8,11-12,14H,5,7,9-10H2,1-4H3,(H,20,22). The Morgan fingerprint density at radius 3 is 2.42 bits per heavy atom. The van der Waals surface area contributed by atoms with Gasteiger partial charge in [-0.2, -0.15) is 0 Å². The van der Waals surface area contributed by atoms with Crippen LogP contribution < -0.4 is 5.32 Å². The van der Waals surface area contributed by atoms with Crippen LogP contribution in [0.2, 0.25) is 0 Å². The number of aryl methyl sites for hydroxylation is 1. The fourth-order valence-electron chi connectivity index (χ4n) is 2.82. The van der Waals surface area contributed by atoms with Crippen LogP contribution in [0.5, 0.6) is 0 Å². The lowest BCUT2D eigenvalue weighted by Crippen LogP contribution is -2.37. The van der Waals surface area contributed by atoms with Crippen molar-refractivity contribution >= 4 is 17.7 Å². The maximum absolute atomic E-state index is 12.3. The highest BCUT2D eigenvalue weighted by atomic mass is 16.2. The molecule has 1 atom stereocenters. The second-order valence-electron chi connectivity index (χ2n) is 7.00. The van der Waals surface area contributed by atoms with Gasteiger partial charge in [-0.15, -0.1) is 0 Å². The van der Waals surface area contributed by atoms with Crippen LogP contribution >= 0.6 is 0 Å². The molecule has 1 aliphatic rings. The molecule has 130 valence electrons. The van der Waals surface area contributed by atoms with E-state index >= 15 is 0 Å². The molecular formula is C19H26N2O3. The van der Waals surface area contributed by atoms with Crippen LogP contribution in [0.1, 0.15) is 66.3 Å². The summed E-state index contributed by atoms with van der Waals surface area (Å²) in [6.45, 7) is 8.28. The monoisotopic (exact) mass is 330 g/mol. The summed E-state index contributed by atoms with van der Waals surface area (Å²) in [5.74, 6) is -0.139. The van der Waals surface area contributed by atoms with Crippen molar-refractivity contribution in [1.82, 2.24) is 10.2 Å². The molecule has 5 heteroatoms. The van der Waals surface area contributed by atoms with Gasteiger partial charge in [0.25, 0.3) is 11.8 Å². The number of amides is 3. The highest BCUT2D eigenvalue weighted by Crippen LogP contribution is 2.23. The molecule has 1 aromatic rings. The van der Waals surface area contributed by atoms with E-state index in [1.165, 1.54) is 4.90 Å². The Morgan fingerprint density at radius 1 is 1.08 bits per heavy atom. The molecule has 0 saturated heterocycles. The molecule has 0 fully saturated rings. The fourth-order valence-corrected chi connectivity index (χ4v) is 2.82. The number of carbonyl (C=O) groups is 3. The van der Waals surface area contributed by atoms with Crippen molar-refractivity contribution < 1.29 is 14.4 Å². The molecule has 0 aromatic heterocycles. The molecule has 1 unspecified atom stereocenters. The molecule has 0 spiro atoms. The lowest BCUT2D eigenvalue weighted by molar-refractivity contribution is -0.121. The van der Waals surface area contributed by atoms with Crippen molar-refractivity contribution in [3.05, 3.63) is 34.9 Å². The molecule has 0 aliphatic carbocycles. The number of hydrogen-bond donors (Lipinski definition) is 1. The van der Waals surface area contributed by atoms with Gasteiger partial charge >= 0.3 is 0 Å². The summed E-state index contributed by atoms with van der Waals surface area (Å²) in [6, 6.07) is 5.32. The molecule has 3 amide bonds. The first-order chi connectivity index (χ1) is 11.3. The van der Waals surface area contributed by atoms with E-state index in [2.05, 4.69) is 19.2 Å². The predicted molar refractivity (Wildman–Crippen MR) is 92.8 cm³/mol. The summed E-state index contributed by atoms with van der Waals surface area (Å²) in [5.41, 5.74) is 1.80. The second-order valence-corrected chi connectivity index (χ2v) is 7.00. The first kappa shape index (κ1) is 18.2. The number of hydrogen-bond acceptors (Lipinski definition) is 3. The molecule has 2 rings (SSSR count). The molecule has 0 radical (unpaired) electrons. The van der Waals surface area contributed by atoms with E-state index < -0.39 is 0 Å². The largest absolute Gasteiger partial charge is 0.354 e. The van der Waals surface area contributed by atoms with Gasteiger partial charge in [-0.05, 0) is 44.7 Å². The second kappa shape index (κ2) is 7.60. The molecule has 1 aromatic carbocycles. The van der Waals surface area contributed by atoms with E-state index in [-0.39, 0.29) is 36.7 Å². The number of fused-ring (bicyclic) bond motifs is 1. The van der Waals surface area contributed by atoms with Gasteiger partial charge in [0.2, 0.25) is 5.91 Å². The van der Waals surface area contributed by atoms with Gasteiger partial charge in [-0.1, -0.05) is 25.5 Å². The van der Waals surface area contributed by atoms with Crippen molar-refractivity contribution in [3.63, 3.8) is 0 Å². The third-order valence-corrected chi connectivity index (χ3v) is 4.27. The third-order valence-electron chi connectivity index (χ3n) is 4.27. The van der Waals surface area contributed by atoms with E-state index in [1.807, 2.05) is 19.9 Å². The van der Waals surface area contributed by atoms with Crippen LogP contribution in [0.15, 0.2) is 18.2 Å².